The number of methoxy groups -OCH3 is 2. The molecule has 150 valence electrons. The molecule has 0 atom stereocenters. The largest absolute Gasteiger partial charge is 0.493 e. The van der Waals surface area contributed by atoms with Gasteiger partial charge in [0, 0.05) is 18.3 Å². The number of carbonyl (C=O) groups is 1. The van der Waals surface area contributed by atoms with Crippen molar-refractivity contribution >= 4 is 29.3 Å². The Morgan fingerprint density at radius 3 is 2.72 bits per heavy atom. The minimum atomic E-state index is -0.582. The van der Waals surface area contributed by atoms with Crippen molar-refractivity contribution in [1.82, 2.24) is 9.38 Å². The minimum absolute atomic E-state index is 0.116. The summed E-state index contributed by atoms with van der Waals surface area (Å²) in [6.07, 6.45) is 4.51. The molecular formula is C21H19ClN2O5. The third kappa shape index (κ3) is 4.75. The van der Waals surface area contributed by atoms with Crippen LogP contribution in [0.5, 0.6) is 11.5 Å². The average Bonchev–Trinajstić information content (AvgIpc) is 2.70. The molecule has 0 N–H and O–H groups in total. The molecule has 8 heteroatoms. The van der Waals surface area contributed by atoms with Gasteiger partial charge in [0.15, 0.2) is 11.5 Å². The molecule has 2 heterocycles. The predicted octanol–water partition coefficient (Wildman–Crippen LogP) is 3.43. The lowest BCUT2D eigenvalue weighted by atomic mass is 10.2. The van der Waals surface area contributed by atoms with Gasteiger partial charge < -0.3 is 14.2 Å². The molecule has 3 rings (SSSR count). The van der Waals surface area contributed by atoms with Crippen LogP contribution in [0.2, 0.25) is 5.02 Å². The molecule has 0 aliphatic carbocycles. The number of hydrogen-bond donors (Lipinski definition) is 0. The van der Waals surface area contributed by atoms with E-state index in [9.17, 15) is 9.59 Å². The fourth-order valence-electron chi connectivity index (χ4n) is 2.72. The standard InChI is InChI=1S/C21H19ClN2O5/c1-13-4-6-18-23-15(10-19(25)24(18)11-13)12-29-20(26)7-5-14-8-16(22)21(28-3)17(9-14)27-2/h4-11H,12H2,1-3H3. The Morgan fingerprint density at radius 1 is 1.21 bits per heavy atom. The molecular weight excluding hydrogens is 396 g/mol. The van der Waals surface area contributed by atoms with Crippen molar-refractivity contribution in [2.75, 3.05) is 14.2 Å². The van der Waals surface area contributed by atoms with Gasteiger partial charge in [-0.15, -0.1) is 0 Å². The average molecular weight is 415 g/mol. The molecule has 0 fully saturated rings. The zero-order chi connectivity index (χ0) is 21.0. The predicted molar refractivity (Wildman–Crippen MR) is 110 cm³/mol. The number of aromatic nitrogens is 2. The second kappa shape index (κ2) is 8.79. The number of aryl methyl sites for hydroxylation is 1. The molecule has 0 bridgehead atoms. The fraction of sp³-hybridized carbons (Fsp3) is 0.190. The summed E-state index contributed by atoms with van der Waals surface area (Å²) in [6.45, 7) is 1.77. The number of esters is 1. The molecule has 0 saturated carbocycles. The summed E-state index contributed by atoms with van der Waals surface area (Å²) in [5.74, 6) is 0.281. The summed E-state index contributed by atoms with van der Waals surface area (Å²) < 4.78 is 17.0. The van der Waals surface area contributed by atoms with Crippen LogP contribution in [-0.4, -0.2) is 29.6 Å². The van der Waals surface area contributed by atoms with Crippen LogP contribution in [0, 0.1) is 6.92 Å². The van der Waals surface area contributed by atoms with Crippen LogP contribution in [-0.2, 0) is 16.1 Å². The first-order valence-electron chi connectivity index (χ1n) is 8.66. The number of fused-ring (bicyclic) bond motifs is 1. The van der Waals surface area contributed by atoms with Gasteiger partial charge in [0.2, 0.25) is 0 Å². The topological polar surface area (TPSA) is 79.1 Å². The number of ether oxygens (including phenoxy) is 3. The Labute approximate surface area is 172 Å². The molecule has 3 aromatic rings. The number of carbonyl (C=O) groups excluding carboxylic acids is 1. The first-order valence-corrected chi connectivity index (χ1v) is 9.04. The third-order valence-corrected chi connectivity index (χ3v) is 4.37. The van der Waals surface area contributed by atoms with Gasteiger partial charge in [0.25, 0.3) is 5.56 Å². The third-order valence-electron chi connectivity index (χ3n) is 4.09. The lowest BCUT2D eigenvalue weighted by Crippen LogP contribution is -2.16. The molecule has 1 aromatic carbocycles. The summed E-state index contributed by atoms with van der Waals surface area (Å²) in [6, 6.07) is 8.26. The van der Waals surface area contributed by atoms with Crippen molar-refractivity contribution in [2.24, 2.45) is 0 Å². The Bertz CT molecular complexity index is 1150. The lowest BCUT2D eigenvalue weighted by Gasteiger charge is -2.10. The second-order valence-corrected chi connectivity index (χ2v) is 6.61. The van der Waals surface area contributed by atoms with E-state index in [0.717, 1.165) is 5.56 Å². The van der Waals surface area contributed by atoms with Gasteiger partial charge in [-0.1, -0.05) is 17.7 Å². The molecule has 0 saturated heterocycles. The fourth-order valence-corrected chi connectivity index (χ4v) is 3.02. The zero-order valence-electron chi connectivity index (χ0n) is 16.1. The monoisotopic (exact) mass is 414 g/mol. The lowest BCUT2D eigenvalue weighted by molar-refractivity contribution is -0.139. The number of rotatable bonds is 6. The summed E-state index contributed by atoms with van der Waals surface area (Å²) in [5, 5.41) is 0.357. The highest BCUT2D eigenvalue weighted by atomic mass is 35.5. The van der Waals surface area contributed by atoms with Gasteiger partial charge in [-0.25, -0.2) is 9.78 Å². The van der Waals surface area contributed by atoms with E-state index >= 15 is 0 Å². The summed E-state index contributed by atoms with van der Waals surface area (Å²) in [7, 11) is 2.99. The van der Waals surface area contributed by atoms with Crippen molar-refractivity contribution in [3.05, 3.63) is 74.8 Å². The van der Waals surface area contributed by atoms with Crippen molar-refractivity contribution in [2.45, 2.75) is 13.5 Å². The highest BCUT2D eigenvalue weighted by molar-refractivity contribution is 6.32. The highest BCUT2D eigenvalue weighted by Crippen LogP contribution is 2.36. The maximum Gasteiger partial charge on any atom is 0.331 e. The normalized spacial score (nSPS) is 11.0. The molecule has 0 aliphatic rings. The number of pyridine rings is 1. The van der Waals surface area contributed by atoms with Crippen LogP contribution in [0.15, 0.2) is 47.4 Å². The Balaban J connectivity index is 1.70. The SMILES string of the molecule is COc1cc(C=CC(=O)OCc2cc(=O)n3cc(C)ccc3n2)cc(Cl)c1OC. The Kier molecular flexibility index (Phi) is 6.19. The van der Waals surface area contributed by atoms with Crippen molar-refractivity contribution < 1.29 is 19.0 Å². The van der Waals surface area contributed by atoms with Gasteiger partial charge in [0.05, 0.1) is 24.9 Å². The number of benzene rings is 1. The van der Waals surface area contributed by atoms with E-state index < -0.39 is 5.97 Å². The van der Waals surface area contributed by atoms with E-state index in [2.05, 4.69) is 4.98 Å². The van der Waals surface area contributed by atoms with Crippen LogP contribution < -0.4 is 15.0 Å². The van der Waals surface area contributed by atoms with Gasteiger partial charge in [-0.05, 0) is 42.3 Å². The summed E-state index contributed by atoms with van der Waals surface area (Å²) >= 11 is 6.15. The first-order chi connectivity index (χ1) is 13.9. The molecule has 29 heavy (non-hydrogen) atoms. The van der Waals surface area contributed by atoms with E-state index in [4.69, 9.17) is 25.8 Å². The van der Waals surface area contributed by atoms with Crippen LogP contribution in [0.25, 0.3) is 11.7 Å². The van der Waals surface area contributed by atoms with Crippen LogP contribution in [0.4, 0.5) is 0 Å². The quantitative estimate of drug-likeness (QED) is 0.454. The summed E-state index contributed by atoms with van der Waals surface area (Å²) in [4.78, 5) is 28.6. The van der Waals surface area contributed by atoms with Crippen LogP contribution >= 0.6 is 11.6 Å². The van der Waals surface area contributed by atoms with E-state index in [1.807, 2.05) is 13.0 Å². The smallest absolute Gasteiger partial charge is 0.331 e. The van der Waals surface area contributed by atoms with Crippen LogP contribution in [0.1, 0.15) is 16.8 Å². The Hall–Kier alpha value is -3.32. The Morgan fingerprint density at radius 2 is 2.00 bits per heavy atom. The number of nitrogens with zero attached hydrogens (tertiary/aromatic N) is 2. The van der Waals surface area contributed by atoms with Gasteiger partial charge >= 0.3 is 5.97 Å². The maximum atomic E-state index is 12.2. The van der Waals surface area contributed by atoms with Gasteiger partial charge in [-0.3, -0.25) is 9.20 Å². The van der Waals surface area contributed by atoms with Gasteiger partial charge in [-0.2, -0.15) is 0 Å². The second-order valence-electron chi connectivity index (χ2n) is 6.20. The molecule has 0 amide bonds. The molecule has 0 radical (unpaired) electrons. The van der Waals surface area contributed by atoms with Crippen molar-refractivity contribution in [3.63, 3.8) is 0 Å². The van der Waals surface area contributed by atoms with E-state index in [0.29, 0.717) is 33.4 Å². The molecule has 0 aliphatic heterocycles. The van der Waals surface area contributed by atoms with Gasteiger partial charge in [0.1, 0.15) is 12.3 Å². The van der Waals surface area contributed by atoms with E-state index in [1.54, 1.807) is 30.5 Å². The molecule has 2 aromatic heterocycles. The minimum Gasteiger partial charge on any atom is -0.493 e. The van der Waals surface area contributed by atoms with Crippen molar-refractivity contribution in [1.29, 1.82) is 0 Å². The van der Waals surface area contributed by atoms with Crippen LogP contribution in [0.3, 0.4) is 0 Å². The van der Waals surface area contributed by atoms with E-state index in [1.165, 1.54) is 30.8 Å². The molecule has 0 unspecified atom stereocenters. The van der Waals surface area contributed by atoms with Crippen molar-refractivity contribution in [3.8, 4) is 11.5 Å². The zero-order valence-corrected chi connectivity index (χ0v) is 16.9. The maximum absolute atomic E-state index is 12.2. The molecule has 0 spiro atoms. The first kappa shape index (κ1) is 20.4. The number of halogens is 1. The molecule has 7 nitrogen and oxygen atoms in total. The number of hydrogen-bond acceptors (Lipinski definition) is 6. The summed E-state index contributed by atoms with van der Waals surface area (Å²) in [5.41, 5.74) is 2.21. The highest BCUT2D eigenvalue weighted by Gasteiger charge is 2.10. The van der Waals surface area contributed by atoms with E-state index in [-0.39, 0.29) is 12.2 Å².